The zero-order valence-corrected chi connectivity index (χ0v) is 7.77. The third-order valence-electron chi connectivity index (χ3n) is 2.28. The van der Waals surface area contributed by atoms with Gasteiger partial charge in [0.15, 0.2) is 0 Å². The smallest absolute Gasteiger partial charge is 0.323 e. The first-order chi connectivity index (χ1) is 6.72. The summed E-state index contributed by atoms with van der Waals surface area (Å²) >= 11 is 0. The molecule has 5 heteroatoms. The van der Waals surface area contributed by atoms with Crippen molar-refractivity contribution in [3.8, 4) is 0 Å². The van der Waals surface area contributed by atoms with Gasteiger partial charge in [0.2, 0.25) is 0 Å². The van der Waals surface area contributed by atoms with Gasteiger partial charge in [-0.15, -0.1) is 0 Å². The number of aryl methyl sites for hydroxylation is 1. The molecule has 0 aliphatic carbocycles. The molecule has 1 unspecified atom stereocenters. The highest BCUT2D eigenvalue weighted by Crippen LogP contribution is 2.26. The predicted octanol–water partition coefficient (Wildman–Crippen LogP) is 0.460. The Balaban J connectivity index is 2.31. The van der Waals surface area contributed by atoms with Gasteiger partial charge in [0, 0.05) is 12.7 Å². The molecule has 0 saturated carbocycles. The molecule has 0 aromatic carbocycles. The minimum atomic E-state index is -0.468. The van der Waals surface area contributed by atoms with Crippen molar-refractivity contribution in [1.82, 2.24) is 9.78 Å². The molecule has 1 aliphatic heterocycles. The molecular formula is C9H10N2O3. The molecule has 2 heterocycles. The summed E-state index contributed by atoms with van der Waals surface area (Å²) in [7, 11) is 0. The van der Waals surface area contributed by atoms with Gasteiger partial charge < -0.3 is 4.74 Å². The summed E-state index contributed by atoms with van der Waals surface area (Å²) in [4.78, 5) is 22.2. The molecule has 5 nitrogen and oxygen atoms in total. The Labute approximate surface area is 80.7 Å². The van der Waals surface area contributed by atoms with Crippen LogP contribution in [0.15, 0.2) is 12.3 Å². The molecule has 0 spiro atoms. The van der Waals surface area contributed by atoms with Gasteiger partial charge >= 0.3 is 11.9 Å². The lowest BCUT2D eigenvalue weighted by Crippen LogP contribution is -2.12. The molecular weight excluding hydrogens is 184 g/mol. The molecule has 14 heavy (non-hydrogen) atoms. The Bertz CT molecular complexity index is 383. The number of cyclic esters (lactones) is 2. The van der Waals surface area contributed by atoms with Crippen LogP contribution in [0.5, 0.6) is 0 Å². The summed E-state index contributed by atoms with van der Waals surface area (Å²) in [5, 5.41) is 4.04. The van der Waals surface area contributed by atoms with Crippen LogP contribution in [0.2, 0.25) is 0 Å². The first-order valence-electron chi connectivity index (χ1n) is 4.48. The first kappa shape index (κ1) is 8.93. The maximum atomic E-state index is 11.3. The zero-order chi connectivity index (χ0) is 10.1. The number of hydrogen-bond acceptors (Lipinski definition) is 4. The van der Waals surface area contributed by atoms with Crippen LogP contribution in [-0.2, 0) is 20.9 Å². The van der Waals surface area contributed by atoms with E-state index in [0.29, 0.717) is 6.54 Å². The third kappa shape index (κ3) is 1.30. The van der Waals surface area contributed by atoms with Gasteiger partial charge in [-0.05, 0) is 13.0 Å². The molecule has 1 aliphatic rings. The first-order valence-corrected chi connectivity index (χ1v) is 4.48. The van der Waals surface area contributed by atoms with E-state index in [1.165, 1.54) is 0 Å². The van der Waals surface area contributed by atoms with Gasteiger partial charge in [-0.2, -0.15) is 5.10 Å². The number of carbonyl (C=O) groups excluding carboxylic acids is 2. The van der Waals surface area contributed by atoms with Crippen LogP contribution in [0, 0.1) is 0 Å². The van der Waals surface area contributed by atoms with E-state index in [9.17, 15) is 9.59 Å². The fraction of sp³-hybridized carbons (Fsp3) is 0.444. The summed E-state index contributed by atoms with van der Waals surface area (Å²) in [5.41, 5.74) is 0.753. The van der Waals surface area contributed by atoms with Crippen LogP contribution in [0.4, 0.5) is 0 Å². The molecule has 74 valence electrons. The summed E-state index contributed by atoms with van der Waals surface area (Å²) in [6, 6.07) is 1.74. The van der Waals surface area contributed by atoms with E-state index in [0.717, 1.165) is 5.69 Å². The topological polar surface area (TPSA) is 61.2 Å². The number of carbonyl (C=O) groups is 2. The van der Waals surface area contributed by atoms with Gasteiger partial charge in [0.05, 0.1) is 12.1 Å². The van der Waals surface area contributed by atoms with Crippen LogP contribution in [0.1, 0.15) is 25.0 Å². The van der Waals surface area contributed by atoms with E-state index < -0.39 is 17.9 Å². The van der Waals surface area contributed by atoms with Gasteiger partial charge in [-0.25, -0.2) is 0 Å². The number of hydrogen-bond donors (Lipinski definition) is 0. The SMILES string of the molecule is CCn1nccc1C1CC(=O)OC1=O. The van der Waals surface area contributed by atoms with Crippen molar-refractivity contribution in [3.63, 3.8) is 0 Å². The summed E-state index contributed by atoms with van der Waals surface area (Å²) < 4.78 is 6.18. The Kier molecular flexibility index (Phi) is 2.07. The molecule has 1 fully saturated rings. The highest BCUT2D eigenvalue weighted by atomic mass is 16.6. The average molecular weight is 194 g/mol. The van der Waals surface area contributed by atoms with E-state index in [1.54, 1.807) is 16.9 Å². The largest absolute Gasteiger partial charge is 0.393 e. The van der Waals surface area contributed by atoms with Crippen molar-refractivity contribution >= 4 is 11.9 Å². The van der Waals surface area contributed by atoms with Crippen molar-refractivity contribution in [3.05, 3.63) is 18.0 Å². The molecule has 1 atom stereocenters. The Hall–Kier alpha value is -1.65. The number of esters is 2. The quantitative estimate of drug-likeness (QED) is 0.507. The highest BCUT2D eigenvalue weighted by molar-refractivity contribution is 5.97. The second-order valence-electron chi connectivity index (χ2n) is 3.12. The predicted molar refractivity (Wildman–Crippen MR) is 46.4 cm³/mol. The highest BCUT2D eigenvalue weighted by Gasteiger charge is 2.36. The minimum absolute atomic E-state index is 0.129. The van der Waals surface area contributed by atoms with Crippen LogP contribution in [-0.4, -0.2) is 21.7 Å². The molecule has 0 amide bonds. The van der Waals surface area contributed by atoms with Crippen LogP contribution in [0.3, 0.4) is 0 Å². The minimum Gasteiger partial charge on any atom is -0.393 e. The number of aromatic nitrogens is 2. The van der Waals surface area contributed by atoms with Gasteiger partial charge in [0.1, 0.15) is 5.92 Å². The summed E-state index contributed by atoms with van der Waals surface area (Å²) in [6.07, 6.45) is 1.75. The standard InChI is InChI=1S/C9H10N2O3/c1-2-11-7(3-4-10-11)6-5-8(12)14-9(6)13/h3-4,6H,2,5H2,1H3. The Morgan fingerprint density at radius 2 is 2.43 bits per heavy atom. The number of nitrogens with zero attached hydrogens (tertiary/aromatic N) is 2. The molecule has 1 aromatic rings. The Morgan fingerprint density at radius 3 is 3.00 bits per heavy atom. The van der Waals surface area contributed by atoms with E-state index in [1.807, 2.05) is 6.92 Å². The summed E-state index contributed by atoms with van der Waals surface area (Å²) in [5.74, 6) is -1.39. The van der Waals surface area contributed by atoms with E-state index in [2.05, 4.69) is 9.84 Å². The van der Waals surface area contributed by atoms with E-state index in [4.69, 9.17) is 0 Å². The lowest BCUT2D eigenvalue weighted by molar-refractivity contribution is -0.152. The Morgan fingerprint density at radius 1 is 1.64 bits per heavy atom. The van der Waals surface area contributed by atoms with E-state index >= 15 is 0 Å². The van der Waals surface area contributed by atoms with Crippen molar-refractivity contribution in [2.45, 2.75) is 25.8 Å². The second-order valence-corrected chi connectivity index (χ2v) is 3.12. The normalized spacial score (nSPS) is 21.4. The number of rotatable bonds is 2. The molecule has 2 rings (SSSR count). The van der Waals surface area contributed by atoms with Crippen molar-refractivity contribution in [1.29, 1.82) is 0 Å². The lowest BCUT2D eigenvalue weighted by Gasteiger charge is -2.06. The number of ether oxygens (including phenoxy) is 1. The van der Waals surface area contributed by atoms with Gasteiger partial charge in [-0.1, -0.05) is 0 Å². The molecule has 0 radical (unpaired) electrons. The molecule has 0 bridgehead atoms. The lowest BCUT2D eigenvalue weighted by atomic mass is 10.0. The van der Waals surface area contributed by atoms with Crippen molar-refractivity contribution in [2.75, 3.05) is 0 Å². The third-order valence-corrected chi connectivity index (χ3v) is 2.28. The molecule has 1 saturated heterocycles. The fourth-order valence-corrected chi connectivity index (χ4v) is 1.60. The zero-order valence-electron chi connectivity index (χ0n) is 7.77. The second kappa shape index (κ2) is 3.25. The van der Waals surface area contributed by atoms with Crippen molar-refractivity contribution < 1.29 is 14.3 Å². The monoisotopic (exact) mass is 194 g/mol. The molecule has 0 N–H and O–H groups in total. The summed E-state index contributed by atoms with van der Waals surface area (Å²) in [6.45, 7) is 2.61. The molecule has 1 aromatic heterocycles. The van der Waals surface area contributed by atoms with E-state index in [-0.39, 0.29) is 6.42 Å². The van der Waals surface area contributed by atoms with Crippen LogP contribution >= 0.6 is 0 Å². The maximum absolute atomic E-state index is 11.3. The van der Waals surface area contributed by atoms with Crippen LogP contribution in [0.25, 0.3) is 0 Å². The van der Waals surface area contributed by atoms with Crippen LogP contribution < -0.4 is 0 Å². The maximum Gasteiger partial charge on any atom is 0.323 e. The average Bonchev–Trinajstić information content (AvgIpc) is 2.71. The van der Waals surface area contributed by atoms with Gasteiger partial charge in [-0.3, -0.25) is 14.3 Å². The van der Waals surface area contributed by atoms with Crippen molar-refractivity contribution in [2.24, 2.45) is 0 Å². The fourth-order valence-electron chi connectivity index (χ4n) is 1.60. The van der Waals surface area contributed by atoms with Gasteiger partial charge in [0.25, 0.3) is 0 Å².